The molecule has 0 aromatic heterocycles. The van der Waals surface area contributed by atoms with Crippen molar-refractivity contribution < 1.29 is 0 Å². The summed E-state index contributed by atoms with van der Waals surface area (Å²) in [5, 5.41) is 5.19. The summed E-state index contributed by atoms with van der Waals surface area (Å²) in [6.45, 7) is 22.9. The van der Waals surface area contributed by atoms with Crippen LogP contribution in [0.2, 0.25) is 0 Å². The zero-order valence-electron chi connectivity index (χ0n) is 17.7. The van der Waals surface area contributed by atoms with Crippen LogP contribution >= 0.6 is 23.2 Å². The number of allylic oxidation sites excluding steroid dienone is 8. The van der Waals surface area contributed by atoms with Gasteiger partial charge in [-0.3, -0.25) is 0 Å². The van der Waals surface area contributed by atoms with E-state index < -0.39 is 9.52 Å². The Kier molecular flexibility index (Phi) is 5.41. The lowest BCUT2D eigenvalue weighted by Gasteiger charge is -2.35. The fourth-order valence-corrected chi connectivity index (χ4v) is 8.78. The zero-order valence-corrected chi connectivity index (χ0v) is 20.6. The maximum atomic E-state index is 6.83. The van der Waals surface area contributed by atoms with Gasteiger partial charge in [-0.15, -0.1) is 0 Å². The molecular weight excluding hydrogens is 363 g/mol. The first-order chi connectivity index (χ1) is 11.1. The Bertz CT molecular complexity index is 729. The zero-order chi connectivity index (χ0) is 19.5. The third-order valence-electron chi connectivity index (χ3n) is 5.82. The number of rotatable bonds is 2. The fraction of sp³-hybridized carbons (Fsp3) is 0.636. The van der Waals surface area contributed by atoms with Crippen molar-refractivity contribution >= 4 is 32.7 Å². The number of hydrogen-bond acceptors (Lipinski definition) is 0. The lowest BCUT2D eigenvalue weighted by Crippen LogP contribution is -2.25. The van der Waals surface area contributed by atoms with Gasteiger partial charge in [0.2, 0.25) is 0 Å². The standard InChI is InChI=1S/C22H34Cl2Si/c1-12-15(23)11-14(20(3,4)5)16(12)25-17-13(2)19(24)22(9,10)18(17)21(6,7)8/h11,25H2,1-10H3. The predicted molar refractivity (Wildman–Crippen MR) is 117 cm³/mol. The van der Waals surface area contributed by atoms with E-state index in [1.165, 1.54) is 22.3 Å². The smallest absolute Gasteiger partial charge is 0.0883 e. The SMILES string of the molecule is CC1=C(Cl)CC(C(C)(C)C)=C1[SiH2]C1=C(C(C)(C)C)C(C)(C)C(Cl)=C1C. The molecule has 3 heteroatoms. The van der Waals surface area contributed by atoms with Gasteiger partial charge in [-0.2, -0.15) is 0 Å². The molecule has 0 spiro atoms. The molecule has 0 amide bonds. The van der Waals surface area contributed by atoms with Crippen molar-refractivity contribution in [3.05, 3.63) is 42.7 Å². The molecule has 0 aliphatic heterocycles. The summed E-state index contributed by atoms with van der Waals surface area (Å²) in [5.74, 6) is 0. The molecule has 0 saturated heterocycles. The van der Waals surface area contributed by atoms with E-state index in [2.05, 4.69) is 69.2 Å². The molecular formula is C22H34Cl2Si. The minimum absolute atomic E-state index is 0.0608. The monoisotopic (exact) mass is 396 g/mol. The largest absolute Gasteiger partial charge is 0.0885 e. The van der Waals surface area contributed by atoms with E-state index in [4.69, 9.17) is 23.2 Å². The minimum Gasteiger partial charge on any atom is -0.0885 e. The van der Waals surface area contributed by atoms with Crippen LogP contribution in [0.15, 0.2) is 42.7 Å². The molecule has 0 fully saturated rings. The maximum Gasteiger partial charge on any atom is 0.0883 e. The van der Waals surface area contributed by atoms with Crippen LogP contribution in [-0.2, 0) is 0 Å². The van der Waals surface area contributed by atoms with Crippen LogP contribution in [0.4, 0.5) is 0 Å². The summed E-state index contributed by atoms with van der Waals surface area (Å²) < 4.78 is 0. The summed E-state index contributed by atoms with van der Waals surface area (Å²) in [5.41, 5.74) is 5.94. The molecule has 0 atom stereocenters. The van der Waals surface area contributed by atoms with E-state index in [-0.39, 0.29) is 16.2 Å². The van der Waals surface area contributed by atoms with Gasteiger partial charge in [0.25, 0.3) is 0 Å². The molecule has 2 rings (SSSR count). The second kappa shape index (κ2) is 6.43. The van der Waals surface area contributed by atoms with Gasteiger partial charge in [-0.25, -0.2) is 0 Å². The average Bonchev–Trinajstić information content (AvgIpc) is 2.79. The summed E-state index contributed by atoms with van der Waals surface area (Å²) >= 11 is 13.4. The van der Waals surface area contributed by atoms with Gasteiger partial charge >= 0.3 is 0 Å². The molecule has 0 unspecified atom stereocenters. The number of halogens is 2. The Hall–Kier alpha value is -0.243. The highest BCUT2D eigenvalue weighted by Gasteiger charge is 2.43. The molecule has 2 aliphatic rings. The van der Waals surface area contributed by atoms with Crippen LogP contribution in [0.25, 0.3) is 0 Å². The Labute approximate surface area is 167 Å². The van der Waals surface area contributed by atoms with Crippen molar-refractivity contribution in [1.82, 2.24) is 0 Å². The van der Waals surface area contributed by atoms with E-state index in [0.717, 1.165) is 16.5 Å². The van der Waals surface area contributed by atoms with Crippen molar-refractivity contribution in [2.45, 2.75) is 75.7 Å². The predicted octanol–water partition coefficient (Wildman–Crippen LogP) is 7.22. The molecule has 0 heterocycles. The summed E-state index contributed by atoms with van der Waals surface area (Å²) in [6, 6.07) is 0. The minimum atomic E-state index is -0.643. The van der Waals surface area contributed by atoms with E-state index >= 15 is 0 Å². The van der Waals surface area contributed by atoms with Crippen LogP contribution in [-0.4, -0.2) is 9.52 Å². The van der Waals surface area contributed by atoms with Crippen LogP contribution in [0.3, 0.4) is 0 Å². The molecule has 0 nitrogen and oxygen atoms in total. The van der Waals surface area contributed by atoms with Gasteiger partial charge in [-0.1, -0.05) is 100 Å². The van der Waals surface area contributed by atoms with Crippen LogP contribution in [0, 0.1) is 16.2 Å². The van der Waals surface area contributed by atoms with Gasteiger partial charge in [-0.05, 0) is 35.8 Å². The van der Waals surface area contributed by atoms with Crippen molar-refractivity contribution in [3.8, 4) is 0 Å². The van der Waals surface area contributed by atoms with E-state index in [0.29, 0.717) is 0 Å². The second-order valence-corrected chi connectivity index (χ2v) is 12.9. The van der Waals surface area contributed by atoms with Gasteiger partial charge < -0.3 is 0 Å². The van der Waals surface area contributed by atoms with Gasteiger partial charge in [0.1, 0.15) is 0 Å². The topological polar surface area (TPSA) is 0 Å². The van der Waals surface area contributed by atoms with Gasteiger partial charge in [0.05, 0.1) is 9.52 Å². The highest BCUT2D eigenvalue weighted by Crippen LogP contribution is 2.55. The Morgan fingerprint density at radius 3 is 1.80 bits per heavy atom. The first-order valence-corrected chi connectivity index (χ1v) is 11.5. The normalized spacial score (nSPS) is 22.6. The Morgan fingerprint density at radius 2 is 1.36 bits per heavy atom. The van der Waals surface area contributed by atoms with Crippen molar-refractivity contribution in [2.24, 2.45) is 16.2 Å². The number of hydrogen-bond donors (Lipinski definition) is 0. The first kappa shape index (κ1) is 21.1. The van der Waals surface area contributed by atoms with Crippen molar-refractivity contribution in [1.29, 1.82) is 0 Å². The van der Waals surface area contributed by atoms with Crippen molar-refractivity contribution in [2.75, 3.05) is 0 Å². The molecule has 0 aromatic carbocycles. The Balaban J connectivity index is 2.67. The van der Waals surface area contributed by atoms with E-state index in [1.807, 2.05) is 0 Å². The lowest BCUT2D eigenvalue weighted by atomic mass is 9.73. The van der Waals surface area contributed by atoms with E-state index in [9.17, 15) is 0 Å². The van der Waals surface area contributed by atoms with Crippen molar-refractivity contribution in [3.63, 3.8) is 0 Å². The molecule has 25 heavy (non-hydrogen) atoms. The molecule has 2 aliphatic carbocycles. The Morgan fingerprint density at radius 1 is 0.840 bits per heavy atom. The third kappa shape index (κ3) is 3.62. The van der Waals surface area contributed by atoms with Gasteiger partial charge in [0, 0.05) is 21.9 Å². The summed E-state index contributed by atoms with van der Waals surface area (Å²) in [4.78, 5) is 0. The molecule has 140 valence electrons. The molecule has 0 N–H and O–H groups in total. The average molecular weight is 398 g/mol. The summed E-state index contributed by atoms with van der Waals surface area (Å²) in [7, 11) is -0.643. The highest BCUT2D eigenvalue weighted by atomic mass is 35.5. The summed E-state index contributed by atoms with van der Waals surface area (Å²) in [6.07, 6.45) is 0.928. The van der Waals surface area contributed by atoms with Gasteiger partial charge in [0.15, 0.2) is 0 Å². The highest BCUT2D eigenvalue weighted by molar-refractivity contribution is 6.58. The molecule has 0 aromatic rings. The quantitative estimate of drug-likeness (QED) is 0.431. The maximum absolute atomic E-state index is 6.83. The molecule has 0 saturated carbocycles. The van der Waals surface area contributed by atoms with Crippen LogP contribution in [0.1, 0.15) is 75.7 Å². The van der Waals surface area contributed by atoms with Crippen LogP contribution < -0.4 is 0 Å². The lowest BCUT2D eigenvalue weighted by molar-refractivity contribution is 0.394. The second-order valence-electron chi connectivity index (χ2n) is 10.3. The first-order valence-electron chi connectivity index (χ1n) is 9.29. The van der Waals surface area contributed by atoms with E-state index in [1.54, 1.807) is 10.4 Å². The van der Waals surface area contributed by atoms with Crippen LogP contribution in [0.5, 0.6) is 0 Å². The molecule has 0 radical (unpaired) electrons. The fourth-order valence-electron chi connectivity index (χ4n) is 4.81. The molecule has 0 bridgehead atoms. The third-order valence-corrected chi connectivity index (χ3v) is 9.54.